The number of benzene rings is 1. The minimum Gasteiger partial charge on any atom is -0.228 e. The van der Waals surface area contributed by atoms with Gasteiger partial charge in [-0.3, -0.25) is 0 Å². The van der Waals surface area contributed by atoms with Crippen LogP contribution in [-0.4, -0.2) is 14.6 Å². The summed E-state index contributed by atoms with van der Waals surface area (Å²) in [4.78, 5) is 4.65. The molecule has 2 heterocycles. The van der Waals surface area contributed by atoms with Crippen molar-refractivity contribution in [3.8, 4) is 11.3 Å². The van der Waals surface area contributed by atoms with Crippen LogP contribution in [-0.2, 0) is 0 Å². The maximum Gasteiger partial charge on any atom is 0.157 e. The second-order valence-corrected chi connectivity index (χ2v) is 5.33. The van der Waals surface area contributed by atoms with E-state index in [0.29, 0.717) is 11.1 Å². The van der Waals surface area contributed by atoms with Gasteiger partial charge in [0.05, 0.1) is 11.4 Å². The summed E-state index contributed by atoms with van der Waals surface area (Å²) in [5, 5.41) is 5.14. The Morgan fingerprint density at radius 1 is 1.11 bits per heavy atom. The molecular weight excluding hydrogens is 258 g/mol. The highest BCUT2D eigenvalue weighted by Gasteiger charge is 2.27. The molecule has 0 saturated heterocycles. The predicted octanol–water partition coefficient (Wildman–Crippen LogP) is 3.93. The van der Waals surface area contributed by atoms with Crippen LogP contribution in [0.15, 0.2) is 42.5 Å². The van der Waals surface area contributed by atoms with E-state index >= 15 is 0 Å². The molecule has 1 aromatic carbocycles. The van der Waals surface area contributed by atoms with Gasteiger partial charge in [-0.15, -0.1) is 0 Å². The largest absolute Gasteiger partial charge is 0.228 e. The molecule has 3 aromatic rings. The quantitative estimate of drug-likeness (QED) is 0.660. The third-order valence-electron chi connectivity index (χ3n) is 3.47. The van der Waals surface area contributed by atoms with Gasteiger partial charge in [-0.05, 0) is 12.8 Å². The molecule has 0 atom stereocenters. The molecule has 2 aromatic heterocycles. The Labute approximate surface area is 115 Å². The molecule has 3 nitrogen and oxygen atoms in total. The SMILES string of the molecule is Clc1cc(-c2ccccc2)nc2cc(C3CC3)nn12. The molecule has 4 rings (SSSR count). The molecule has 1 aliphatic carbocycles. The number of hydrogen-bond acceptors (Lipinski definition) is 2. The summed E-state index contributed by atoms with van der Waals surface area (Å²) < 4.78 is 1.72. The van der Waals surface area contributed by atoms with Gasteiger partial charge < -0.3 is 0 Å². The standard InChI is InChI=1S/C15H12ClN3/c16-14-8-12(10-4-2-1-3-5-10)17-15-9-13(11-6-7-11)18-19(14)15/h1-5,8-9,11H,6-7H2. The van der Waals surface area contributed by atoms with Crippen LogP contribution in [0, 0.1) is 0 Å². The minimum atomic E-state index is 0.607. The Kier molecular flexibility index (Phi) is 2.35. The third-order valence-corrected chi connectivity index (χ3v) is 3.74. The number of nitrogens with zero attached hydrogens (tertiary/aromatic N) is 3. The van der Waals surface area contributed by atoms with Gasteiger partial charge in [0.1, 0.15) is 5.15 Å². The molecule has 94 valence electrons. The van der Waals surface area contributed by atoms with Crippen molar-refractivity contribution in [2.45, 2.75) is 18.8 Å². The van der Waals surface area contributed by atoms with Crippen LogP contribution in [0.2, 0.25) is 5.15 Å². The average molecular weight is 270 g/mol. The molecule has 0 amide bonds. The van der Waals surface area contributed by atoms with E-state index in [1.807, 2.05) is 36.4 Å². The number of aromatic nitrogens is 3. The molecule has 1 aliphatic rings. The molecule has 4 heteroatoms. The van der Waals surface area contributed by atoms with Crippen LogP contribution in [0.4, 0.5) is 0 Å². The van der Waals surface area contributed by atoms with Crippen LogP contribution in [0.5, 0.6) is 0 Å². The van der Waals surface area contributed by atoms with E-state index in [9.17, 15) is 0 Å². The lowest BCUT2D eigenvalue weighted by molar-refractivity contribution is 0.883. The molecule has 0 spiro atoms. The second-order valence-electron chi connectivity index (χ2n) is 4.94. The zero-order chi connectivity index (χ0) is 12.8. The second kappa shape index (κ2) is 4.07. The summed E-state index contributed by atoms with van der Waals surface area (Å²) in [7, 11) is 0. The maximum absolute atomic E-state index is 6.31. The van der Waals surface area contributed by atoms with Gasteiger partial charge in [-0.25, -0.2) is 9.50 Å². The van der Waals surface area contributed by atoms with E-state index in [4.69, 9.17) is 11.6 Å². The Morgan fingerprint density at radius 2 is 1.89 bits per heavy atom. The highest BCUT2D eigenvalue weighted by atomic mass is 35.5. The van der Waals surface area contributed by atoms with E-state index < -0.39 is 0 Å². The first-order chi connectivity index (χ1) is 9.31. The monoisotopic (exact) mass is 269 g/mol. The molecule has 0 bridgehead atoms. The van der Waals surface area contributed by atoms with E-state index in [2.05, 4.69) is 16.1 Å². The van der Waals surface area contributed by atoms with Crippen LogP contribution in [0.25, 0.3) is 16.9 Å². The van der Waals surface area contributed by atoms with Crippen LogP contribution >= 0.6 is 11.6 Å². The molecule has 1 fully saturated rings. The molecule has 0 unspecified atom stereocenters. The fourth-order valence-corrected chi connectivity index (χ4v) is 2.52. The van der Waals surface area contributed by atoms with Gasteiger partial charge in [-0.2, -0.15) is 5.10 Å². The smallest absolute Gasteiger partial charge is 0.157 e. The predicted molar refractivity (Wildman–Crippen MR) is 75.4 cm³/mol. The highest BCUT2D eigenvalue weighted by Crippen LogP contribution is 2.39. The lowest BCUT2D eigenvalue weighted by Gasteiger charge is -2.03. The van der Waals surface area contributed by atoms with E-state index in [-0.39, 0.29) is 0 Å². The van der Waals surface area contributed by atoms with Crippen LogP contribution in [0.3, 0.4) is 0 Å². The summed E-state index contributed by atoms with van der Waals surface area (Å²) in [6.45, 7) is 0. The number of fused-ring (bicyclic) bond motifs is 1. The fraction of sp³-hybridized carbons (Fsp3) is 0.200. The normalized spacial score (nSPS) is 15.0. The Morgan fingerprint density at radius 3 is 2.63 bits per heavy atom. The molecule has 1 saturated carbocycles. The zero-order valence-corrected chi connectivity index (χ0v) is 11.0. The number of hydrogen-bond donors (Lipinski definition) is 0. The number of rotatable bonds is 2. The first-order valence-corrected chi connectivity index (χ1v) is 6.81. The highest BCUT2D eigenvalue weighted by molar-refractivity contribution is 6.30. The average Bonchev–Trinajstić information content (AvgIpc) is 3.20. The van der Waals surface area contributed by atoms with Crippen molar-refractivity contribution in [3.05, 3.63) is 53.3 Å². The minimum absolute atomic E-state index is 0.607. The summed E-state index contributed by atoms with van der Waals surface area (Å²) in [5.41, 5.74) is 3.90. The summed E-state index contributed by atoms with van der Waals surface area (Å²) in [6.07, 6.45) is 2.46. The first kappa shape index (κ1) is 11.0. The third kappa shape index (κ3) is 1.90. The summed E-state index contributed by atoms with van der Waals surface area (Å²) >= 11 is 6.31. The van der Waals surface area contributed by atoms with Crippen LogP contribution < -0.4 is 0 Å². The van der Waals surface area contributed by atoms with Crippen molar-refractivity contribution in [1.29, 1.82) is 0 Å². The molecule has 19 heavy (non-hydrogen) atoms. The van der Waals surface area contributed by atoms with Gasteiger partial charge in [0.2, 0.25) is 0 Å². The van der Waals surface area contributed by atoms with Gasteiger partial charge in [0.25, 0.3) is 0 Å². The fourth-order valence-electron chi connectivity index (χ4n) is 2.29. The molecule has 0 radical (unpaired) electrons. The zero-order valence-electron chi connectivity index (χ0n) is 10.3. The van der Waals surface area contributed by atoms with E-state index in [1.165, 1.54) is 12.8 Å². The number of halogens is 1. The Bertz CT molecular complexity index is 745. The summed E-state index contributed by atoms with van der Waals surface area (Å²) in [6, 6.07) is 14.0. The van der Waals surface area contributed by atoms with Crippen molar-refractivity contribution in [3.63, 3.8) is 0 Å². The lowest BCUT2D eigenvalue weighted by atomic mass is 10.1. The topological polar surface area (TPSA) is 30.2 Å². The Hall–Kier alpha value is -1.87. The van der Waals surface area contributed by atoms with Crippen molar-refractivity contribution < 1.29 is 0 Å². The Balaban J connectivity index is 1.89. The van der Waals surface area contributed by atoms with E-state index in [1.54, 1.807) is 4.52 Å². The van der Waals surface area contributed by atoms with Gasteiger partial charge in [0, 0.05) is 23.6 Å². The molecular formula is C15H12ClN3. The van der Waals surface area contributed by atoms with Crippen molar-refractivity contribution in [1.82, 2.24) is 14.6 Å². The maximum atomic E-state index is 6.31. The molecule has 0 aliphatic heterocycles. The van der Waals surface area contributed by atoms with Gasteiger partial charge in [0.15, 0.2) is 5.65 Å². The first-order valence-electron chi connectivity index (χ1n) is 6.43. The van der Waals surface area contributed by atoms with Crippen LogP contribution in [0.1, 0.15) is 24.5 Å². The van der Waals surface area contributed by atoms with Crippen molar-refractivity contribution in [2.24, 2.45) is 0 Å². The van der Waals surface area contributed by atoms with E-state index in [0.717, 1.165) is 22.6 Å². The molecule has 0 N–H and O–H groups in total. The summed E-state index contributed by atoms with van der Waals surface area (Å²) in [5.74, 6) is 0.609. The van der Waals surface area contributed by atoms with Gasteiger partial charge in [-0.1, -0.05) is 41.9 Å². The van der Waals surface area contributed by atoms with Gasteiger partial charge >= 0.3 is 0 Å². The van der Waals surface area contributed by atoms with Crippen molar-refractivity contribution >= 4 is 17.2 Å². The lowest BCUT2D eigenvalue weighted by Crippen LogP contribution is -1.94. The van der Waals surface area contributed by atoms with Crippen molar-refractivity contribution in [2.75, 3.05) is 0 Å².